The van der Waals surface area contributed by atoms with Gasteiger partial charge in [-0.25, -0.2) is 0 Å². The Morgan fingerprint density at radius 2 is 2.16 bits per heavy atom. The van der Waals surface area contributed by atoms with Crippen LogP contribution in [0.1, 0.15) is 24.0 Å². The minimum Gasteiger partial charge on any atom is -0.490 e. The van der Waals surface area contributed by atoms with Gasteiger partial charge in [-0.15, -0.1) is 0 Å². The molecule has 1 aromatic carbocycles. The molecule has 1 aromatic heterocycles. The third kappa shape index (κ3) is 3.99. The summed E-state index contributed by atoms with van der Waals surface area (Å²) in [6.07, 6.45) is 10.1. The standard InChI is InChI=1S/C20H23N3O2/c1-14-9-10-17(15(2)11-14)21-20-22-19(24)18(25-3)13-23(20)12-16-7-5-4-6-8-16/h4-5,7,9-11,13H,6,8,12H2,1-3H3,(H,21,22,24). The lowest BCUT2D eigenvalue weighted by Crippen LogP contribution is -2.19. The molecule has 5 nitrogen and oxygen atoms in total. The van der Waals surface area contributed by atoms with Gasteiger partial charge in [0.2, 0.25) is 11.7 Å². The van der Waals surface area contributed by atoms with E-state index in [0.29, 0.717) is 12.5 Å². The van der Waals surface area contributed by atoms with E-state index in [-0.39, 0.29) is 11.3 Å². The average molecular weight is 337 g/mol. The first-order valence-electron chi connectivity index (χ1n) is 8.41. The summed E-state index contributed by atoms with van der Waals surface area (Å²) in [5, 5.41) is 3.30. The summed E-state index contributed by atoms with van der Waals surface area (Å²) >= 11 is 0. The molecular formula is C20H23N3O2. The first-order valence-corrected chi connectivity index (χ1v) is 8.41. The lowest BCUT2D eigenvalue weighted by molar-refractivity contribution is 0.402. The van der Waals surface area contributed by atoms with Crippen molar-refractivity contribution >= 4 is 11.6 Å². The van der Waals surface area contributed by atoms with Crippen LogP contribution in [0.25, 0.3) is 0 Å². The number of anilines is 2. The van der Waals surface area contributed by atoms with Crippen molar-refractivity contribution in [2.75, 3.05) is 12.4 Å². The number of aryl methyl sites for hydroxylation is 2. The van der Waals surface area contributed by atoms with E-state index >= 15 is 0 Å². The van der Waals surface area contributed by atoms with Gasteiger partial charge in [-0.1, -0.05) is 41.5 Å². The smallest absolute Gasteiger partial charge is 0.316 e. The zero-order valence-corrected chi connectivity index (χ0v) is 14.9. The second-order valence-corrected chi connectivity index (χ2v) is 6.30. The molecule has 1 aliphatic rings. The summed E-state index contributed by atoms with van der Waals surface area (Å²) < 4.78 is 7.10. The van der Waals surface area contributed by atoms with Gasteiger partial charge < -0.3 is 14.6 Å². The van der Waals surface area contributed by atoms with Crippen molar-refractivity contribution in [2.24, 2.45) is 0 Å². The Morgan fingerprint density at radius 1 is 1.32 bits per heavy atom. The first kappa shape index (κ1) is 17.0. The van der Waals surface area contributed by atoms with E-state index in [0.717, 1.165) is 24.1 Å². The molecule has 3 rings (SSSR count). The predicted octanol–water partition coefficient (Wildman–Crippen LogP) is 3.89. The van der Waals surface area contributed by atoms with Crippen LogP contribution in [0.4, 0.5) is 11.6 Å². The Morgan fingerprint density at radius 3 is 2.84 bits per heavy atom. The topological polar surface area (TPSA) is 56.1 Å². The minimum atomic E-state index is -0.372. The number of methoxy groups -OCH3 is 1. The second kappa shape index (κ2) is 7.38. The third-order valence-corrected chi connectivity index (χ3v) is 4.29. The van der Waals surface area contributed by atoms with Crippen molar-refractivity contribution in [3.05, 3.63) is 69.7 Å². The zero-order chi connectivity index (χ0) is 17.8. The molecule has 0 saturated heterocycles. The highest BCUT2D eigenvalue weighted by molar-refractivity contribution is 5.59. The fourth-order valence-corrected chi connectivity index (χ4v) is 2.91. The molecule has 1 aliphatic carbocycles. The van der Waals surface area contributed by atoms with Crippen LogP contribution in [0, 0.1) is 13.8 Å². The van der Waals surface area contributed by atoms with Crippen molar-refractivity contribution in [3.63, 3.8) is 0 Å². The molecule has 5 heteroatoms. The average Bonchev–Trinajstić information content (AvgIpc) is 2.60. The lowest BCUT2D eigenvalue weighted by atomic mass is 10.1. The maximum absolute atomic E-state index is 12.1. The highest BCUT2D eigenvalue weighted by atomic mass is 16.5. The molecule has 0 aliphatic heterocycles. The van der Waals surface area contributed by atoms with E-state index < -0.39 is 0 Å². The second-order valence-electron chi connectivity index (χ2n) is 6.30. The normalized spacial score (nSPS) is 13.5. The van der Waals surface area contributed by atoms with Crippen molar-refractivity contribution in [3.8, 4) is 5.75 Å². The van der Waals surface area contributed by atoms with Crippen molar-refractivity contribution in [1.82, 2.24) is 9.55 Å². The van der Waals surface area contributed by atoms with Crippen LogP contribution in [0.2, 0.25) is 0 Å². The summed E-state index contributed by atoms with van der Waals surface area (Å²) in [5.41, 5.74) is 4.16. The number of rotatable bonds is 5. The van der Waals surface area contributed by atoms with Gasteiger partial charge in [0, 0.05) is 12.2 Å². The molecule has 0 unspecified atom stereocenters. The summed E-state index contributed by atoms with van der Waals surface area (Å²) in [5.74, 6) is 0.770. The molecule has 0 amide bonds. The summed E-state index contributed by atoms with van der Waals surface area (Å²) in [4.78, 5) is 16.3. The highest BCUT2D eigenvalue weighted by Gasteiger charge is 2.12. The van der Waals surface area contributed by atoms with Gasteiger partial charge >= 0.3 is 5.56 Å². The quantitative estimate of drug-likeness (QED) is 0.899. The molecule has 1 heterocycles. The number of aromatic nitrogens is 2. The van der Waals surface area contributed by atoms with Crippen LogP contribution in [0.3, 0.4) is 0 Å². The van der Waals surface area contributed by atoms with Crippen LogP contribution >= 0.6 is 0 Å². The molecule has 0 spiro atoms. The van der Waals surface area contributed by atoms with Gasteiger partial charge in [0.05, 0.1) is 13.3 Å². The zero-order valence-electron chi connectivity index (χ0n) is 14.9. The lowest BCUT2D eigenvalue weighted by Gasteiger charge is -2.18. The molecule has 0 saturated carbocycles. The maximum Gasteiger partial charge on any atom is 0.316 e. The van der Waals surface area contributed by atoms with Crippen LogP contribution in [-0.2, 0) is 6.54 Å². The predicted molar refractivity (Wildman–Crippen MR) is 101 cm³/mol. The van der Waals surface area contributed by atoms with E-state index in [2.05, 4.69) is 41.5 Å². The van der Waals surface area contributed by atoms with Crippen molar-refractivity contribution in [2.45, 2.75) is 33.2 Å². The Bertz CT molecular complexity index is 894. The number of nitrogens with zero attached hydrogens (tertiary/aromatic N) is 2. The Balaban J connectivity index is 1.98. The van der Waals surface area contributed by atoms with Gasteiger partial charge in [0.25, 0.3) is 0 Å². The van der Waals surface area contributed by atoms with Gasteiger partial charge in [-0.3, -0.25) is 4.79 Å². The maximum atomic E-state index is 12.1. The van der Waals surface area contributed by atoms with E-state index in [1.165, 1.54) is 18.2 Å². The molecule has 25 heavy (non-hydrogen) atoms. The molecular weight excluding hydrogens is 314 g/mol. The SMILES string of the molecule is COc1cn(CC2=CC=CCC2)c(Nc2ccc(C)cc2C)nc1=O. The Labute approximate surface area is 147 Å². The minimum absolute atomic E-state index is 0.248. The molecule has 0 radical (unpaired) electrons. The van der Waals surface area contributed by atoms with Gasteiger partial charge in [0.1, 0.15) is 0 Å². The van der Waals surface area contributed by atoms with E-state index in [1.807, 2.05) is 23.6 Å². The number of hydrogen-bond donors (Lipinski definition) is 1. The molecule has 0 fully saturated rings. The molecule has 1 N–H and O–H groups in total. The Hall–Kier alpha value is -2.82. The van der Waals surface area contributed by atoms with Crippen LogP contribution < -0.4 is 15.6 Å². The Kier molecular flexibility index (Phi) is 5.03. The number of allylic oxidation sites excluding steroid dienone is 4. The van der Waals surface area contributed by atoms with Gasteiger partial charge in [-0.05, 0) is 38.3 Å². The first-order chi connectivity index (χ1) is 12.1. The van der Waals surface area contributed by atoms with Crippen molar-refractivity contribution < 1.29 is 4.74 Å². The monoisotopic (exact) mass is 337 g/mol. The van der Waals surface area contributed by atoms with Gasteiger partial charge in [0.15, 0.2) is 0 Å². The summed E-state index contributed by atoms with van der Waals surface area (Å²) in [6.45, 7) is 4.76. The molecule has 130 valence electrons. The number of benzene rings is 1. The summed E-state index contributed by atoms with van der Waals surface area (Å²) in [6, 6.07) is 6.15. The van der Waals surface area contributed by atoms with E-state index in [4.69, 9.17) is 4.74 Å². The third-order valence-electron chi connectivity index (χ3n) is 4.29. The molecule has 0 bridgehead atoms. The molecule has 2 aromatic rings. The number of hydrogen-bond acceptors (Lipinski definition) is 4. The van der Waals surface area contributed by atoms with Crippen LogP contribution in [0.15, 0.2) is 53.0 Å². The van der Waals surface area contributed by atoms with Crippen LogP contribution in [-0.4, -0.2) is 16.7 Å². The van der Waals surface area contributed by atoms with Gasteiger partial charge in [-0.2, -0.15) is 4.98 Å². The summed E-state index contributed by atoms with van der Waals surface area (Å²) in [7, 11) is 1.49. The largest absolute Gasteiger partial charge is 0.490 e. The number of ether oxygens (including phenoxy) is 1. The highest BCUT2D eigenvalue weighted by Crippen LogP contribution is 2.22. The fraction of sp³-hybridized carbons (Fsp3) is 0.300. The molecule has 0 atom stereocenters. The van der Waals surface area contributed by atoms with Crippen LogP contribution in [0.5, 0.6) is 5.75 Å². The van der Waals surface area contributed by atoms with E-state index in [9.17, 15) is 4.79 Å². The number of nitrogens with one attached hydrogen (secondary N) is 1. The fourth-order valence-electron chi connectivity index (χ4n) is 2.91. The van der Waals surface area contributed by atoms with E-state index in [1.54, 1.807) is 6.20 Å². The van der Waals surface area contributed by atoms with Crippen molar-refractivity contribution in [1.29, 1.82) is 0 Å².